The number of hydrogen-bond donors (Lipinski definition) is 2. The first-order chi connectivity index (χ1) is 17.2. The lowest BCUT2D eigenvalue weighted by molar-refractivity contribution is -0.138. The van der Waals surface area contributed by atoms with Crippen LogP contribution in [0, 0.1) is 12.7 Å². The molecular formula is C28H32FNO5P+. The van der Waals surface area contributed by atoms with Crippen LogP contribution in [0.25, 0.3) is 22.4 Å². The van der Waals surface area contributed by atoms with E-state index in [0.717, 1.165) is 39.2 Å². The maximum absolute atomic E-state index is 13.9. The number of aliphatic hydroxyl groups is 1. The van der Waals surface area contributed by atoms with E-state index in [2.05, 4.69) is 13.8 Å². The summed E-state index contributed by atoms with van der Waals surface area (Å²) in [6.45, 7) is 6.24. The average Bonchev–Trinajstić information content (AvgIpc) is 2.81. The van der Waals surface area contributed by atoms with E-state index < -0.39 is 26.5 Å². The predicted molar refractivity (Wildman–Crippen MR) is 139 cm³/mol. The van der Waals surface area contributed by atoms with Crippen molar-refractivity contribution < 1.29 is 28.5 Å². The summed E-state index contributed by atoms with van der Waals surface area (Å²) in [5, 5.41) is 18.4. The van der Waals surface area contributed by atoms with Crippen LogP contribution in [0.3, 0.4) is 0 Å². The second-order valence-corrected chi connectivity index (χ2v) is 10.4. The fraction of sp³-hybridized carbons (Fsp3) is 0.357. The molecule has 0 bridgehead atoms. The fourth-order valence-corrected chi connectivity index (χ4v) is 5.08. The summed E-state index contributed by atoms with van der Waals surface area (Å²) in [4.78, 5) is 15.7. The minimum atomic E-state index is -2.17. The Hall–Kier alpha value is -2.99. The molecule has 0 amide bonds. The van der Waals surface area contributed by atoms with Crippen LogP contribution in [0.5, 0.6) is 0 Å². The molecule has 3 rings (SSSR count). The molecule has 0 aliphatic rings. The molecule has 2 N–H and O–H groups in total. The Labute approximate surface area is 212 Å². The van der Waals surface area contributed by atoms with Crippen LogP contribution in [0.2, 0.25) is 0 Å². The molecule has 2 atom stereocenters. The second-order valence-electron chi connectivity index (χ2n) is 9.10. The zero-order chi connectivity index (χ0) is 26.2. The van der Waals surface area contributed by atoms with E-state index >= 15 is 0 Å². The van der Waals surface area contributed by atoms with Crippen molar-refractivity contribution in [1.82, 2.24) is 4.98 Å². The Morgan fingerprint density at radius 3 is 2.47 bits per heavy atom. The summed E-state index contributed by atoms with van der Waals surface area (Å²) >= 11 is 0. The molecule has 0 radical (unpaired) electrons. The summed E-state index contributed by atoms with van der Waals surface area (Å²) < 4.78 is 31.4. The molecule has 190 valence electrons. The van der Waals surface area contributed by atoms with Gasteiger partial charge in [-0.15, -0.1) is 4.52 Å². The van der Waals surface area contributed by atoms with Gasteiger partial charge in [-0.25, -0.2) is 4.39 Å². The molecule has 8 heteroatoms. The summed E-state index contributed by atoms with van der Waals surface area (Å²) in [5.41, 5.74) is 6.53. The smallest absolute Gasteiger partial charge is 0.481 e. The highest BCUT2D eigenvalue weighted by atomic mass is 31.1. The van der Waals surface area contributed by atoms with Crippen molar-refractivity contribution in [2.45, 2.75) is 52.1 Å². The summed E-state index contributed by atoms with van der Waals surface area (Å²) in [6, 6.07) is 16.7. The molecule has 0 saturated carbocycles. The normalized spacial score (nSPS) is 12.6. The van der Waals surface area contributed by atoms with Gasteiger partial charge in [-0.05, 0) is 70.7 Å². The Morgan fingerprint density at radius 1 is 1.11 bits per heavy atom. The Morgan fingerprint density at radius 2 is 1.83 bits per heavy atom. The van der Waals surface area contributed by atoms with Gasteiger partial charge in [0, 0.05) is 11.3 Å². The quantitative estimate of drug-likeness (QED) is 0.212. The van der Waals surface area contributed by atoms with E-state index in [0.29, 0.717) is 12.8 Å². The third-order valence-corrected chi connectivity index (χ3v) is 7.02. The van der Waals surface area contributed by atoms with Gasteiger partial charge in [0.25, 0.3) is 0 Å². The number of halogens is 1. The first kappa shape index (κ1) is 27.6. The van der Waals surface area contributed by atoms with Gasteiger partial charge in [0.2, 0.25) is 6.16 Å². The Kier molecular flexibility index (Phi) is 9.82. The van der Waals surface area contributed by atoms with E-state index in [1.165, 1.54) is 12.1 Å². The second kappa shape index (κ2) is 12.8. The van der Waals surface area contributed by atoms with E-state index in [9.17, 15) is 18.9 Å². The van der Waals surface area contributed by atoms with Gasteiger partial charge >= 0.3 is 14.0 Å². The number of aliphatic carboxylic acids is 1. The van der Waals surface area contributed by atoms with Crippen LogP contribution in [0.1, 0.15) is 49.4 Å². The number of carboxylic acid groups (broad SMARTS) is 1. The minimum Gasteiger partial charge on any atom is -0.481 e. The van der Waals surface area contributed by atoms with Crippen LogP contribution >= 0.6 is 8.03 Å². The number of nitrogens with zero attached hydrogens (tertiary/aromatic N) is 1. The van der Waals surface area contributed by atoms with E-state index in [1.807, 2.05) is 43.3 Å². The lowest BCUT2D eigenvalue weighted by Gasteiger charge is -2.20. The number of carboxylic acids is 1. The number of hydrogen-bond acceptors (Lipinski definition) is 5. The SMILES string of the molecule is Cc1cc(F)ccc1-c1cc(-c2ccccc2)nc(C(C)C)c1CCCO[P+](=O)C[C@@H](O)CC(=O)O. The first-order valence-electron chi connectivity index (χ1n) is 12.0. The van der Waals surface area contributed by atoms with Crippen molar-refractivity contribution in [1.29, 1.82) is 0 Å². The fourth-order valence-electron chi connectivity index (χ4n) is 4.16. The average molecular weight is 513 g/mol. The lowest BCUT2D eigenvalue weighted by atomic mass is 9.88. The van der Waals surface area contributed by atoms with Crippen LogP contribution in [-0.2, 0) is 20.3 Å². The first-order valence-corrected chi connectivity index (χ1v) is 13.3. The maximum Gasteiger partial charge on any atom is 0.510 e. The monoisotopic (exact) mass is 512 g/mol. The molecule has 36 heavy (non-hydrogen) atoms. The van der Waals surface area contributed by atoms with Crippen LogP contribution in [0.15, 0.2) is 54.6 Å². The van der Waals surface area contributed by atoms with Gasteiger partial charge in [0.05, 0.1) is 12.1 Å². The van der Waals surface area contributed by atoms with Crippen molar-refractivity contribution in [3.63, 3.8) is 0 Å². The zero-order valence-electron chi connectivity index (χ0n) is 20.8. The molecular weight excluding hydrogens is 480 g/mol. The third-order valence-electron chi connectivity index (χ3n) is 5.83. The topological polar surface area (TPSA) is 96.7 Å². The largest absolute Gasteiger partial charge is 0.510 e. The highest BCUT2D eigenvalue weighted by Crippen LogP contribution is 2.36. The van der Waals surface area contributed by atoms with Crippen molar-refractivity contribution in [2.24, 2.45) is 0 Å². The maximum atomic E-state index is 13.9. The predicted octanol–water partition coefficient (Wildman–Crippen LogP) is 6.51. The lowest BCUT2D eigenvalue weighted by Crippen LogP contribution is -2.15. The minimum absolute atomic E-state index is 0.131. The molecule has 0 aliphatic carbocycles. The number of pyridine rings is 1. The molecule has 0 saturated heterocycles. The highest BCUT2D eigenvalue weighted by molar-refractivity contribution is 7.39. The number of aromatic nitrogens is 1. The molecule has 3 aromatic rings. The van der Waals surface area contributed by atoms with E-state index in [1.54, 1.807) is 6.07 Å². The number of benzene rings is 2. The molecule has 0 aliphatic heterocycles. The van der Waals surface area contributed by atoms with Crippen LogP contribution < -0.4 is 0 Å². The summed E-state index contributed by atoms with van der Waals surface area (Å²) in [5.74, 6) is -1.31. The molecule has 1 unspecified atom stereocenters. The van der Waals surface area contributed by atoms with Crippen molar-refractivity contribution in [2.75, 3.05) is 12.8 Å². The Balaban J connectivity index is 1.89. The van der Waals surface area contributed by atoms with E-state index in [-0.39, 0.29) is 24.5 Å². The number of aryl methyl sites for hydroxylation is 1. The molecule has 1 aromatic heterocycles. The van der Waals surface area contributed by atoms with Gasteiger partial charge < -0.3 is 10.2 Å². The van der Waals surface area contributed by atoms with Gasteiger partial charge in [0.1, 0.15) is 18.5 Å². The number of rotatable bonds is 12. The van der Waals surface area contributed by atoms with Crippen LogP contribution in [0.4, 0.5) is 4.39 Å². The molecule has 6 nitrogen and oxygen atoms in total. The molecule has 2 aromatic carbocycles. The Bertz CT molecular complexity index is 1220. The summed E-state index contributed by atoms with van der Waals surface area (Å²) in [7, 11) is -2.17. The molecule has 0 fully saturated rings. The molecule has 0 spiro atoms. The third kappa shape index (κ3) is 7.50. The summed E-state index contributed by atoms with van der Waals surface area (Å²) in [6.07, 6.45) is -0.742. The van der Waals surface area contributed by atoms with Crippen molar-refractivity contribution in [3.05, 3.63) is 77.2 Å². The van der Waals surface area contributed by atoms with Crippen LogP contribution in [-0.4, -0.2) is 40.0 Å². The van der Waals surface area contributed by atoms with Gasteiger partial charge in [0.15, 0.2) is 0 Å². The van der Waals surface area contributed by atoms with Gasteiger partial charge in [-0.3, -0.25) is 9.78 Å². The number of aliphatic hydroxyl groups excluding tert-OH is 1. The van der Waals surface area contributed by atoms with Crippen molar-refractivity contribution in [3.8, 4) is 22.4 Å². The zero-order valence-corrected chi connectivity index (χ0v) is 21.7. The standard InChI is InChI=1S/C28H31FNO5P/c1-18(2)28-24(10-7-13-35-36(34)17-22(31)15-27(32)33)25(23-12-11-21(29)14-19(23)3)16-26(30-28)20-8-5-4-6-9-20/h4-6,8-9,11-12,14,16,18,22,31H,7,10,13,15,17H2,1-3H3/p+1/t22-/m0/s1. The van der Waals surface area contributed by atoms with E-state index in [4.69, 9.17) is 14.6 Å². The number of carbonyl (C=O) groups is 1. The molecule has 1 heterocycles. The van der Waals surface area contributed by atoms with Gasteiger partial charge in [-0.2, -0.15) is 0 Å². The van der Waals surface area contributed by atoms with Gasteiger partial charge in [-0.1, -0.05) is 50.2 Å². The highest BCUT2D eigenvalue weighted by Gasteiger charge is 2.25. The van der Waals surface area contributed by atoms with Crippen molar-refractivity contribution >= 4 is 14.0 Å².